The number of amides is 2. The van der Waals surface area contributed by atoms with Gasteiger partial charge >= 0.3 is 0 Å². The van der Waals surface area contributed by atoms with E-state index in [4.69, 9.17) is 27.9 Å². The zero-order chi connectivity index (χ0) is 11.0. The van der Waals surface area contributed by atoms with Gasteiger partial charge in [0.05, 0.1) is 12.6 Å². The van der Waals surface area contributed by atoms with Crippen molar-refractivity contribution in [1.82, 2.24) is 4.90 Å². The number of ether oxygens (including phenoxy) is 1. The van der Waals surface area contributed by atoms with Gasteiger partial charge in [-0.25, -0.2) is 0 Å². The van der Waals surface area contributed by atoms with Crippen molar-refractivity contribution in [3.05, 3.63) is 10.1 Å². The molecule has 1 fully saturated rings. The first-order chi connectivity index (χ1) is 7.11. The minimum absolute atomic E-state index is 0.0788. The number of carbonyl (C=O) groups is 2. The molecule has 0 spiro atoms. The van der Waals surface area contributed by atoms with E-state index >= 15 is 0 Å². The predicted octanol–water partition coefficient (Wildman–Crippen LogP) is 1.22. The molecule has 15 heavy (non-hydrogen) atoms. The van der Waals surface area contributed by atoms with E-state index in [0.717, 1.165) is 17.7 Å². The fourth-order valence-corrected chi connectivity index (χ4v) is 2.04. The van der Waals surface area contributed by atoms with E-state index in [1.54, 1.807) is 0 Å². The summed E-state index contributed by atoms with van der Waals surface area (Å²) in [6, 6.07) is 0. The van der Waals surface area contributed by atoms with Crippen LogP contribution in [0.1, 0.15) is 12.8 Å². The lowest BCUT2D eigenvalue weighted by Gasteiger charge is -2.18. The lowest BCUT2D eigenvalue weighted by molar-refractivity contribution is -0.138. The summed E-state index contributed by atoms with van der Waals surface area (Å²) in [5.41, 5.74) is 0. The Morgan fingerprint density at radius 3 is 2.33 bits per heavy atom. The molecule has 2 heterocycles. The van der Waals surface area contributed by atoms with Gasteiger partial charge in [-0.2, -0.15) is 0 Å². The zero-order valence-corrected chi connectivity index (χ0v) is 9.35. The van der Waals surface area contributed by atoms with E-state index in [-0.39, 0.29) is 22.7 Å². The smallest absolute Gasteiger partial charge is 0.274 e. The Hall–Kier alpha value is -0.580. The van der Waals surface area contributed by atoms with E-state index in [0.29, 0.717) is 6.61 Å². The molecule has 0 aromatic heterocycles. The molecular formula is C9H9Cl2NO3. The van der Waals surface area contributed by atoms with E-state index in [9.17, 15) is 9.59 Å². The van der Waals surface area contributed by atoms with Crippen LogP contribution in [0.5, 0.6) is 0 Å². The highest BCUT2D eigenvalue weighted by molar-refractivity contribution is 6.58. The van der Waals surface area contributed by atoms with Gasteiger partial charge in [-0.15, -0.1) is 0 Å². The molecule has 0 bridgehead atoms. The van der Waals surface area contributed by atoms with Gasteiger partial charge in [0.2, 0.25) is 0 Å². The Kier molecular flexibility index (Phi) is 3.00. The first-order valence-corrected chi connectivity index (χ1v) is 5.40. The molecular weight excluding hydrogens is 241 g/mol. The fourth-order valence-electron chi connectivity index (χ4n) is 1.67. The van der Waals surface area contributed by atoms with Gasteiger partial charge in [0.25, 0.3) is 11.8 Å². The second kappa shape index (κ2) is 4.12. The fraction of sp³-hybridized carbons (Fsp3) is 0.556. The van der Waals surface area contributed by atoms with Crippen LogP contribution in [-0.4, -0.2) is 36.0 Å². The molecule has 0 aliphatic carbocycles. The van der Waals surface area contributed by atoms with E-state index in [1.807, 2.05) is 0 Å². The molecule has 2 aliphatic heterocycles. The molecule has 1 atom stereocenters. The topological polar surface area (TPSA) is 46.6 Å². The van der Waals surface area contributed by atoms with Crippen molar-refractivity contribution in [2.24, 2.45) is 0 Å². The molecule has 0 aromatic carbocycles. The summed E-state index contributed by atoms with van der Waals surface area (Å²) in [5, 5.41) is -0.390. The van der Waals surface area contributed by atoms with Crippen LogP contribution in [0.4, 0.5) is 0 Å². The highest BCUT2D eigenvalue weighted by Gasteiger charge is 2.38. The Balaban J connectivity index is 2.06. The normalized spacial score (nSPS) is 27.1. The van der Waals surface area contributed by atoms with Crippen molar-refractivity contribution in [2.45, 2.75) is 18.9 Å². The Labute approximate surface area is 96.8 Å². The SMILES string of the molecule is O=C1C(Cl)=C(Cl)C(=O)N1CC1CCCO1. The lowest BCUT2D eigenvalue weighted by atomic mass is 10.2. The van der Waals surface area contributed by atoms with Crippen LogP contribution in [0, 0.1) is 0 Å². The summed E-state index contributed by atoms with van der Waals surface area (Å²) in [6.45, 7) is 0.917. The molecule has 2 rings (SSSR count). The summed E-state index contributed by atoms with van der Waals surface area (Å²) < 4.78 is 5.33. The molecule has 2 aliphatic rings. The van der Waals surface area contributed by atoms with Gasteiger partial charge in [0.15, 0.2) is 0 Å². The summed E-state index contributed by atoms with van der Waals surface area (Å²) >= 11 is 11.2. The molecule has 4 nitrogen and oxygen atoms in total. The van der Waals surface area contributed by atoms with Crippen molar-refractivity contribution in [1.29, 1.82) is 0 Å². The average molecular weight is 250 g/mol. The van der Waals surface area contributed by atoms with Gasteiger partial charge < -0.3 is 4.74 Å². The van der Waals surface area contributed by atoms with Gasteiger partial charge in [-0.1, -0.05) is 23.2 Å². The minimum Gasteiger partial charge on any atom is -0.376 e. The minimum atomic E-state index is -0.526. The van der Waals surface area contributed by atoms with Crippen LogP contribution in [0.2, 0.25) is 0 Å². The van der Waals surface area contributed by atoms with Crippen molar-refractivity contribution in [3.63, 3.8) is 0 Å². The molecule has 2 amide bonds. The zero-order valence-electron chi connectivity index (χ0n) is 7.83. The van der Waals surface area contributed by atoms with Gasteiger partial charge in [-0.3, -0.25) is 14.5 Å². The maximum atomic E-state index is 11.5. The first kappa shape index (κ1) is 10.9. The van der Waals surface area contributed by atoms with Gasteiger partial charge in [0.1, 0.15) is 10.1 Å². The third-order valence-electron chi connectivity index (χ3n) is 2.47. The van der Waals surface area contributed by atoms with E-state index in [1.165, 1.54) is 0 Å². The van der Waals surface area contributed by atoms with Crippen molar-refractivity contribution < 1.29 is 14.3 Å². The van der Waals surface area contributed by atoms with E-state index < -0.39 is 11.8 Å². The van der Waals surface area contributed by atoms with Crippen LogP contribution >= 0.6 is 23.2 Å². The summed E-state index contributed by atoms with van der Waals surface area (Å²) in [6.07, 6.45) is 1.73. The number of hydrogen-bond donors (Lipinski definition) is 0. The predicted molar refractivity (Wildman–Crippen MR) is 54.4 cm³/mol. The van der Waals surface area contributed by atoms with Crippen molar-refractivity contribution in [3.8, 4) is 0 Å². The second-order valence-electron chi connectivity index (χ2n) is 3.48. The largest absolute Gasteiger partial charge is 0.376 e. The number of halogens is 2. The molecule has 6 heteroatoms. The number of imide groups is 1. The number of nitrogens with zero attached hydrogens (tertiary/aromatic N) is 1. The van der Waals surface area contributed by atoms with Gasteiger partial charge in [0, 0.05) is 6.61 Å². The standard InChI is InChI=1S/C9H9Cl2NO3/c10-6-7(11)9(14)12(8(6)13)4-5-2-1-3-15-5/h5H,1-4H2. The molecule has 1 unspecified atom stereocenters. The third-order valence-corrected chi connectivity index (χ3v) is 3.27. The maximum Gasteiger partial charge on any atom is 0.274 e. The summed E-state index contributed by atoms with van der Waals surface area (Å²) in [5.74, 6) is -1.05. The second-order valence-corrected chi connectivity index (χ2v) is 4.24. The maximum absolute atomic E-state index is 11.5. The quantitative estimate of drug-likeness (QED) is 0.692. The molecule has 0 saturated carbocycles. The van der Waals surface area contributed by atoms with Crippen LogP contribution in [-0.2, 0) is 14.3 Å². The molecule has 82 valence electrons. The Morgan fingerprint density at radius 2 is 1.87 bits per heavy atom. The third kappa shape index (κ3) is 1.89. The van der Waals surface area contributed by atoms with E-state index in [2.05, 4.69) is 0 Å². The number of carbonyl (C=O) groups excluding carboxylic acids is 2. The first-order valence-electron chi connectivity index (χ1n) is 4.64. The van der Waals surface area contributed by atoms with Gasteiger partial charge in [-0.05, 0) is 12.8 Å². The molecule has 0 aromatic rings. The van der Waals surface area contributed by atoms with Crippen LogP contribution in [0.25, 0.3) is 0 Å². The summed E-state index contributed by atoms with van der Waals surface area (Å²) in [4.78, 5) is 24.0. The van der Waals surface area contributed by atoms with Crippen LogP contribution < -0.4 is 0 Å². The summed E-state index contributed by atoms with van der Waals surface area (Å²) in [7, 11) is 0. The Bertz CT molecular complexity index is 323. The highest BCUT2D eigenvalue weighted by Crippen LogP contribution is 2.27. The van der Waals surface area contributed by atoms with Crippen molar-refractivity contribution in [2.75, 3.05) is 13.2 Å². The van der Waals surface area contributed by atoms with Crippen LogP contribution in [0.15, 0.2) is 10.1 Å². The highest BCUT2D eigenvalue weighted by atomic mass is 35.5. The molecule has 1 saturated heterocycles. The number of hydrogen-bond acceptors (Lipinski definition) is 3. The molecule has 0 N–H and O–H groups in total. The molecule has 0 radical (unpaired) electrons. The average Bonchev–Trinajstić information content (AvgIpc) is 2.79. The Morgan fingerprint density at radius 1 is 1.27 bits per heavy atom. The lowest BCUT2D eigenvalue weighted by Crippen LogP contribution is -2.37. The van der Waals surface area contributed by atoms with Crippen molar-refractivity contribution >= 4 is 35.0 Å². The number of rotatable bonds is 2. The monoisotopic (exact) mass is 249 g/mol. The van der Waals surface area contributed by atoms with Crippen LogP contribution in [0.3, 0.4) is 0 Å².